The van der Waals surface area contributed by atoms with Crippen LogP contribution < -0.4 is 9.47 Å². The first-order chi connectivity index (χ1) is 17.0. The zero-order valence-corrected chi connectivity index (χ0v) is 21.7. The van der Waals surface area contributed by atoms with Gasteiger partial charge in [-0.05, 0) is 68.8 Å². The van der Waals surface area contributed by atoms with Crippen molar-refractivity contribution in [3.63, 3.8) is 0 Å². The zero-order valence-electron chi connectivity index (χ0n) is 18.5. The van der Waals surface area contributed by atoms with E-state index >= 15 is 0 Å². The van der Waals surface area contributed by atoms with Crippen molar-refractivity contribution in [3.05, 3.63) is 104 Å². The molecule has 174 valence electrons. The Kier molecular flexibility index (Phi) is 6.40. The zero-order chi connectivity index (χ0) is 24.5. The first-order valence-corrected chi connectivity index (χ1v) is 12.2. The van der Waals surface area contributed by atoms with E-state index in [1.807, 2.05) is 36.4 Å². The molecule has 0 saturated carbocycles. The maximum atomic E-state index is 13.1. The molecule has 0 atom stereocenters. The second-order valence-corrected chi connectivity index (χ2v) is 9.60. The van der Waals surface area contributed by atoms with Crippen LogP contribution in [0.5, 0.6) is 11.5 Å². The lowest BCUT2D eigenvalue weighted by atomic mass is 9.95. The second kappa shape index (κ2) is 9.64. The average Bonchev–Trinajstić information content (AvgIpc) is 2.87. The van der Waals surface area contributed by atoms with Crippen LogP contribution in [0.15, 0.2) is 86.8 Å². The van der Waals surface area contributed by atoms with Crippen LogP contribution in [0.3, 0.4) is 0 Å². The van der Waals surface area contributed by atoms with Crippen LogP contribution in [0.1, 0.15) is 31.8 Å². The lowest BCUT2D eigenvalue weighted by Crippen LogP contribution is -2.36. The molecule has 4 aromatic rings. The highest BCUT2D eigenvalue weighted by molar-refractivity contribution is 9.10. The molecule has 0 aromatic heterocycles. The minimum atomic E-state index is -0.462. The topological polar surface area (TPSA) is 68.2 Å². The van der Waals surface area contributed by atoms with E-state index in [0.717, 1.165) is 20.4 Å². The Labute approximate surface area is 218 Å². The van der Waals surface area contributed by atoms with Crippen LogP contribution in [0.25, 0.3) is 10.8 Å². The molecule has 35 heavy (non-hydrogen) atoms. The molecule has 0 spiro atoms. The molecule has 1 aliphatic rings. The minimum Gasteiger partial charge on any atom is -0.493 e. The van der Waals surface area contributed by atoms with Gasteiger partial charge in [0, 0.05) is 9.86 Å². The molecular weight excluding hydrogens is 576 g/mol. The number of imide groups is 1. The van der Waals surface area contributed by atoms with Crippen molar-refractivity contribution in [1.82, 2.24) is 5.01 Å². The van der Waals surface area contributed by atoms with Crippen molar-refractivity contribution < 1.29 is 19.1 Å². The van der Waals surface area contributed by atoms with E-state index in [4.69, 9.17) is 9.47 Å². The Morgan fingerprint density at radius 2 is 1.57 bits per heavy atom. The van der Waals surface area contributed by atoms with Crippen LogP contribution in [-0.4, -0.2) is 30.1 Å². The molecule has 5 rings (SSSR count). The SMILES string of the molecule is COc1cc(/C=N\N2C(=O)c3cccc4cccc(c34)C2=O)cc(Br)c1OCc1ccc(Br)cc1. The molecule has 8 heteroatoms. The van der Waals surface area contributed by atoms with E-state index in [2.05, 4.69) is 37.0 Å². The van der Waals surface area contributed by atoms with Crippen molar-refractivity contribution in [2.45, 2.75) is 6.61 Å². The average molecular weight is 594 g/mol. The normalized spacial score (nSPS) is 13.1. The third-order valence-corrected chi connectivity index (χ3v) is 6.74. The number of carbonyl (C=O) groups excluding carboxylic acids is 2. The van der Waals surface area contributed by atoms with Gasteiger partial charge in [0.15, 0.2) is 11.5 Å². The number of rotatable bonds is 6. The molecule has 4 aromatic carbocycles. The van der Waals surface area contributed by atoms with E-state index in [9.17, 15) is 9.59 Å². The van der Waals surface area contributed by atoms with E-state index in [1.165, 1.54) is 6.21 Å². The van der Waals surface area contributed by atoms with Crippen molar-refractivity contribution in [2.75, 3.05) is 7.11 Å². The van der Waals surface area contributed by atoms with Gasteiger partial charge in [-0.2, -0.15) is 10.1 Å². The third-order valence-electron chi connectivity index (χ3n) is 5.62. The van der Waals surface area contributed by atoms with Gasteiger partial charge in [0.2, 0.25) is 0 Å². The summed E-state index contributed by atoms with van der Waals surface area (Å²) in [5, 5.41) is 6.64. The Morgan fingerprint density at radius 1 is 0.914 bits per heavy atom. The van der Waals surface area contributed by atoms with Crippen molar-refractivity contribution in [3.8, 4) is 11.5 Å². The highest BCUT2D eigenvalue weighted by atomic mass is 79.9. The van der Waals surface area contributed by atoms with E-state index < -0.39 is 11.8 Å². The summed E-state index contributed by atoms with van der Waals surface area (Å²) in [4.78, 5) is 26.1. The number of nitrogens with zero attached hydrogens (tertiary/aromatic N) is 2. The molecule has 1 heterocycles. The van der Waals surface area contributed by atoms with Gasteiger partial charge in [0.25, 0.3) is 11.8 Å². The van der Waals surface area contributed by atoms with Gasteiger partial charge < -0.3 is 9.47 Å². The Morgan fingerprint density at radius 3 is 2.20 bits per heavy atom. The van der Waals surface area contributed by atoms with Crippen LogP contribution in [-0.2, 0) is 6.61 Å². The summed E-state index contributed by atoms with van der Waals surface area (Å²) in [5.41, 5.74) is 2.53. The number of ether oxygens (including phenoxy) is 2. The van der Waals surface area contributed by atoms with Gasteiger partial charge in [-0.15, -0.1) is 0 Å². The van der Waals surface area contributed by atoms with Gasteiger partial charge in [0.05, 0.1) is 28.9 Å². The summed E-state index contributed by atoms with van der Waals surface area (Å²) in [7, 11) is 1.55. The molecule has 6 nitrogen and oxygen atoms in total. The minimum absolute atomic E-state index is 0.359. The highest BCUT2D eigenvalue weighted by Gasteiger charge is 2.32. The summed E-state index contributed by atoms with van der Waals surface area (Å²) in [6.45, 7) is 0.359. The molecule has 0 saturated heterocycles. The number of carbonyl (C=O) groups is 2. The number of benzene rings is 4. The first kappa shape index (κ1) is 23.3. The molecule has 0 radical (unpaired) electrons. The predicted octanol–water partition coefficient (Wildman–Crippen LogP) is 6.58. The molecule has 0 aliphatic carbocycles. The summed E-state index contributed by atoms with van der Waals surface area (Å²) < 4.78 is 13.2. The van der Waals surface area contributed by atoms with E-state index in [-0.39, 0.29) is 0 Å². The number of amides is 2. The maximum absolute atomic E-state index is 13.1. The number of methoxy groups -OCH3 is 1. The quantitative estimate of drug-likeness (QED) is 0.187. The molecular formula is C27H18Br2N2O4. The van der Waals surface area contributed by atoms with Gasteiger partial charge in [-0.1, -0.05) is 52.3 Å². The van der Waals surface area contributed by atoms with Crippen LogP contribution >= 0.6 is 31.9 Å². The van der Waals surface area contributed by atoms with Gasteiger partial charge in [0.1, 0.15) is 6.61 Å². The lowest BCUT2D eigenvalue weighted by Gasteiger charge is -2.23. The predicted molar refractivity (Wildman–Crippen MR) is 141 cm³/mol. The number of hydrogen-bond donors (Lipinski definition) is 0. The van der Waals surface area contributed by atoms with Gasteiger partial charge in [-0.3, -0.25) is 9.59 Å². The molecule has 2 amide bonds. The van der Waals surface area contributed by atoms with Crippen molar-refractivity contribution in [1.29, 1.82) is 0 Å². The molecule has 0 fully saturated rings. The molecule has 0 N–H and O–H groups in total. The summed E-state index contributed by atoms with van der Waals surface area (Å²) in [6, 6.07) is 22.1. The maximum Gasteiger partial charge on any atom is 0.282 e. The summed E-state index contributed by atoms with van der Waals surface area (Å²) in [6.07, 6.45) is 1.45. The summed E-state index contributed by atoms with van der Waals surface area (Å²) in [5.74, 6) is 0.106. The van der Waals surface area contributed by atoms with Gasteiger partial charge in [-0.25, -0.2) is 0 Å². The number of halogens is 2. The lowest BCUT2D eigenvalue weighted by molar-refractivity contribution is 0.0616. The van der Waals surface area contributed by atoms with Crippen LogP contribution in [0.2, 0.25) is 0 Å². The Bertz CT molecular complexity index is 1450. The molecule has 0 bridgehead atoms. The Balaban J connectivity index is 1.41. The van der Waals surface area contributed by atoms with Crippen LogP contribution in [0.4, 0.5) is 0 Å². The third kappa shape index (κ3) is 4.47. The highest BCUT2D eigenvalue weighted by Crippen LogP contribution is 2.37. The van der Waals surface area contributed by atoms with Crippen molar-refractivity contribution >= 4 is 60.7 Å². The van der Waals surface area contributed by atoms with Crippen LogP contribution in [0, 0.1) is 0 Å². The van der Waals surface area contributed by atoms with Crippen molar-refractivity contribution in [2.24, 2.45) is 5.10 Å². The standard InChI is InChI=1S/C27H18Br2N2O4/c1-34-23-13-17(12-22(29)25(23)35-15-16-8-10-19(28)11-9-16)14-30-31-26(32)20-6-2-4-18-5-3-7-21(24(18)20)27(31)33/h2-14H,15H2,1H3/b30-14-. The fourth-order valence-corrected chi connectivity index (χ4v) is 4.78. The van der Waals surface area contributed by atoms with E-state index in [1.54, 1.807) is 43.5 Å². The molecule has 1 aliphatic heterocycles. The smallest absolute Gasteiger partial charge is 0.282 e. The Hall–Kier alpha value is -3.49. The first-order valence-electron chi connectivity index (χ1n) is 10.7. The second-order valence-electron chi connectivity index (χ2n) is 7.83. The van der Waals surface area contributed by atoms with Gasteiger partial charge >= 0.3 is 0 Å². The fraction of sp³-hybridized carbons (Fsp3) is 0.0741. The van der Waals surface area contributed by atoms with E-state index in [0.29, 0.717) is 44.7 Å². The summed E-state index contributed by atoms with van der Waals surface area (Å²) >= 11 is 6.96. The number of hydrazone groups is 1. The fourth-order valence-electron chi connectivity index (χ4n) is 3.94. The number of hydrogen-bond acceptors (Lipinski definition) is 5. The largest absolute Gasteiger partial charge is 0.493 e. The molecule has 0 unspecified atom stereocenters. The monoisotopic (exact) mass is 592 g/mol.